The Morgan fingerprint density at radius 3 is 2.92 bits per heavy atom. The second-order valence-electron chi connectivity index (χ2n) is 2.75. The number of para-hydroxylation sites is 1. The number of halogens is 1. The van der Waals surface area contributed by atoms with Gasteiger partial charge < -0.3 is 0 Å². The van der Waals surface area contributed by atoms with E-state index < -0.39 is 0 Å². The van der Waals surface area contributed by atoms with Crippen LogP contribution in [0.25, 0.3) is 0 Å². The average Bonchev–Trinajstić information content (AvgIpc) is 2.40. The lowest BCUT2D eigenvalue weighted by Crippen LogP contribution is -2.24. The van der Waals surface area contributed by atoms with E-state index in [4.69, 9.17) is 11.6 Å². The van der Waals surface area contributed by atoms with Crippen molar-refractivity contribution in [2.45, 2.75) is 6.42 Å². The Bertz CT molecular complexity index is 324. The Balaban J connectivity index is 2.47. The fraction of sp³-hybridized carbons (Fsp3) is 0.222. The summed E-state index contributed by atoms with van der Waals surface area (Å²) >= 11 is 5.64. The lowest BCUT2D eigenvalue weighted by atomic mass is 10.2. The number of hydrogen-bond acceptors (Lipinski definition) is 1. The summed E-state index contributed by atoms with van der Waals surface area (Å²) < 4.78 is 0. The molecule has 0 atom stereocenters. The molecule has 0 unspecified atom stereocenters. The van der Waals surface area contributed by atoms with Gasteiger partial charge in [0.25, 0.3) is 0 Å². The number of benzene rings is 1. The van der Waals surface area contributed by atoms with E-state index in [0.29, 0.717) is 6.42 Å². The van der Waals surface area contributed by atoms with E-state index in [2.05, 4.69) is 0 Å². The minimum Gasteiger partial charge on any atom is -0.298 e. The van der Waals surface area contributed by atoms with Crippen molar-refractivity contribution in [1.82, 2.24) is 0 Å². The van der Waals surface area contributed by atoms with Crippen molar-refractivity contribution in [3.05, 3.63) is 29.8 Å². The molecular formula is C9H8ClNO. The quantitative estimate of drug-likeness (QED) is 0.478. The van der Waals surface area contributed by atoms with E-state index in [0.717, 1.165) is 11.3 Å². The summed E-state index contributed by atoms with van der Waals surface area (Å²) in [6, 6.07) is 7.97. The third-order valence-corrected chi connectivity index (χ3v) is 2.28. The molecule has 1 heterocycles. The van der Waals surface area contributed by atoms with Crippen LogP contribution in [0.4, 0.5) is 5.69 Å². The van der Waals surface area contributed by atoms with Gasteiger partial charge in [-0.25, -0.2) is 0 Å². The zero-order valence-electron chi connectivity index (χ0n) is 6.46. The molecule has 1 aromatic carbocycles. The number of anilines is 1. The van der Waals surface area contributed by atoms with Crippen molar-refractivity contribution < 1.29 is 4.79 Å². The molecule has 1 aliphatic rings. The molecule has 3 heteroatoms. The number of nitrogens with zero attached hydrogens (tertiary/aromatic N) is 1. The second-order valence-corrected chi connectivity index (χ2v) is 2.99. The third kappa shape index (κ3) is 0.994. The van der Waals surface area contributed by atoms with Gasteiger partial charge in [0, 0.05) is 5.69 Å². The summed E-state index contributed by atoms with van der Waals surface area (Å²) in [5.74, 6) is 0.0891. The van der Waals surface area contributed by atoms with Crippen LogP contribution in [0, 0.1) is 0 Å². The van der Waals surface area contributed by atoms with Gasteiger partial charge in [0.1, 0.15) is 6.00 Å². The van der Waals surface area contributed by atoms with Crippen molar-refractivity contribution in [2.75, 3.05) is 10.9 Å². The van der Waals surface area contributed by atoms with Crippen LogP contribution < -0.4 is 4.90 Å². The van der Waals surface area contributed by atoms with E-state index in [1.54, 1.807) is 4.90 Å². The molecule has 0 bridgehead atoms. The van der Waals surface area contributed by atoms with Crippen LogP contribution in [0.2, 0.25) is 0 Å². The highest BCUT2D eigenvalue weighted by Crippen LogP contribution is 2.28. The van der Waals surface area contributed by atoms with Gasteiger partial charge in [-0.05, 0) is 11.6 Å². The highest BCUT2D eigenvalue weighted by atomic mass is 35.5. The largest absolute Gasteiger partial charge is 0.298 e. The molecule has 2 nitrogen and oxygen atoms in total. The van der Waals surface area contributed by atoms with Crippen LogP contribution in [0.15, 0.2) is 24.3 Å². The molecule has 0 fully saturated rings. The summed E-state index contributed by atoms with van der Waals surface area (Å²) in [6.45, 7) is 0. The van der Waals surface area contributed by atoms with Crippen LogP contribution in [-0.4, -0.2) is 11.9 Å². The molecule has 0 N–H and O–H groups in total. The molecule has 62 valence electrons. The molecule has 0 aromatic heterocycles. The normalized spacial score (nSPS) is 15.1. The van der Waals surface area contributed by atoms with Crippen molar-refractivity contribution in [2.24, 2.45) is 0 Å². The highest BCUT2D eigenvalue weighted by Gasteiger charge is 2.25. The first-order valence-electron chi connectivity index (χ1n) is 3.77. The molecule has 2 rings (SSSR count). The Morgan fingerprint density at radius 2 is 2.17 bits per heavy atom. The molecule has 0 spiro atoms. The molecule has 1 amide bonds. The predicted octanol–water partition coefficient (Wildman–Crippen LogP) is 1.77. The molecule has 0 radical (unpaired) electrons. The van der Waals surface area contributed by atoms with Crippen molar-refractivity contribution >= 4 is 23.2 Å². The predicted molar refractivity (Wildman–Crippen MR) is 48.4 cm³/mol. The molecule has 1 aliphatic heterocycles. The first-order valence-corrected chi connectivity index (χ1v) is 4.30. The fourth-order valence-electron chi connectivity index (χ4n) is 1.45. The van der Waals surface area contributed by atoms with Crippen LogP contribution in [0.5, 0.6) is 0 Å². The zero-order valence-corrected chi connectivity index (χ0v) is 7.21. The van der Waals surface area contributed by atoms with Gasteiger partial charge in [-0.3, -0.25) is 9.69 Å². The molecule has 0 saturated carbocycles. The van der Waals surface area contributed by atoms with Crippen molar-refractivity contribution in [3.8, 4) is 0 Å². The highest BCUT2D eigenvalue weighted by molar-refractivity contribution is 6.22. The first kappa shape index (κ1) is 7.62. The van der Waals surface area contributed by atoms with Crippen LogP contribution in [0.3, 0.4) is 0 Å². The Kier molecular flexibility index (Phi) is 1.77. The lowest BCUT2D eigenvalue weighted by molar-refractivity contribution is -0.117. The number of alkyl halides is 1. The Labute approximate surface area is 75.7 Å². The second kappa shape index (κ2) is 2.79. The summed E-state index contributed by atoms with van der Waals surface area (Å²) in [5.41, 5.74) is 2.03. The number of rotatable bonds is 1. The smallest absolute Gasteiger partial charge is 0.232 e. The minimum absolute atomic E-state index is 0.0891. The zero-order chi connectivity index (χ0) is 8.55. The molecule has 1 aromatic rings. The monoisotopic (exact) mass is 181 g/mol. The van der Waals surface area contributed by atoms with E-state index in [-0.39, 0.29) is 11.9 Å². The molecule has 0 saturated heterocycles. The fourth-order valence-corrected chi connectivity index (χ4v) is 1.71. The number of amides is 1. The van der Waals surface area contributed by atoms with Gasteiger partial charge in [0.05, 0.1) is 6.42 Å². The number of hydrogen-bond donors (Lipinski definition) is 0. The lowest BCUT2D eigenvalue weighted by Gasteiger charge is -2.12. The van der Waals surface area contributed by atoms with Crippen LogP contribution in [0.1, 0.15) is 5.56 Å². The van der Waals surface area contributed by atoms with E-state index in [1.165, 1.54) is 0 Å². The molecular weight excluding hydrogens is 174 g/mol. The van der Waals surface area contributed by atoms with Gasteiger partial charge in [0.15, 0.2) is 0 Å². The van der Waals surface area contributed by atoms with Gasteiger partial charge >= 0.3 is 0 Å². The topological polar surface area (TPSA) is 20.3 Å². The van der Waals surface area contributed by atoms with E-state index >= 15 is 0 Å². The maximum atomic E-state index is 11.3. The van der Waals surface area contributed by atoms with Crippen molar-refractivity contribution in [3.63, 3.8) is 0 Å². The van der Waals surface area contributed by atoms with Crippen molar-refractivity contribution in [1.29, 1.82) is 0 Å². The Morgan fingerprint density at radius 1 is 1.42 bits per heavy atom. The molecule has 0 aliphatic carbocycles. The van der Waals surface area contributed by atoms with Gasteiger partial charge in [-0.2, -0.15) is 0 Å². The van der Waals surface area contributed by atoms with E-state index in [1.807, 2.05) is 24.3 Å². The Hall–Kier alpha value is -1.02. The van der Waals surface area contributed by atoms with Crippen LogP contribution in [-0.2, 0) is 11.2 Å². The first-order chi connectivity index (χ1) is 5.83. The summed E-state index contributed by atoms with van der Waals surface area (Å²) in [5, 5.41) is 0. The van der Waals surface area contributed by atoms with Gasteiger partial charge in [0.2, 0.25) is 5.91 Å². The van der Waals surface area contributed by atoms with Gasteiger partial charge in [-0.1, -0.05) is 18.2 Å². The number of fused-ring (bicyclic) bond motifs is 1. The maximum Gasteiger partial charge on any atom is 0.232 e. The van der Waals surface area contributed by atoms with Gasteiger partial charge in [-0.15, -0.1) is 11.6 Å². The molecule has 12 heavy (non-hydrogen) atoms. The standard InChI is InChI=1S/C9H8ClNO/c10-6-11-8-4-2-1-3-7(8)5-9(11)12/h1-4H,5-6H2. The number of carbonyl (C=O) groups excluding carboxylic acids is 1. The third-order valence-electron chi connectivity index (χ3n) is 2.04. The van der Waals surface area contributed by atoms with Crippen LogP contribution >= 0.6 is 11.6 Å². The average molecular weight is 182 g/mol. The summed E-state index contributed by atoms with van der Waals surface area (Å²) in [4.78, 5) is 12.9. The number of carbonyl (C=O) groups is 1. The SMILES string of the molecule is O=C1Cc2ccccc2N1CCl. The summed E-state index contributed by atoms with van der Waals surface area (Å²) in [7, 11) is 0. The minimum atomic E-state index is 0.0891. The maximum absolute atomic E-state index is 11.3. The summed E-state index contributed by atoms with van der Waals surface area (Å²) in [6.07, 6.45) is 0.489. The van der Waals surface area contributed by atoms with E-state index in [9.17, 15) is 4.79 Å².